The normalized spacial score (nSPS) is 13.0. The number of esters is 1. The zero-order chi connectivity index (χ0) is 19.4. The molecule has 2 aromatic carbocycles. The molecule has 0 aliphatic carbocycles. The Balaban J connectivity index is 2.01. The Morgan fingerprint density at radius 2 is 1.62 bits per heavy atom. The zero-order valence-corrected chi connectivity index (χ0v) is 16.6. The van der Waals surface area contributed by atoms with Crippen LogP contribution in [-0.4, -0.2) is 18.0 Å². The molecule has 2 atom stereocenters. The molecule has 0 aromatic heterocycles. The van der Waals surface area contributed by atoms with Crippen LogP contribution in [0.4, 0.5) is 0 Å². The fraction of sp³-hybridized carbons (Fsp3) is 0.300. The Morgan fingerprint density at radius 3 is 2.19 bits per heavy atom. The predicted octanol–water partition coefficient (Wildman–Crippen LogP) is 5.03. The Kier molecular flexibility index (Phi) is 6.68. The van der Waals surface area contributed by atoms with Gasteiger partial charge in [0, 0.05) is 10.0 Å². The summed E-state index contributed by atoms with van der Waals surface area (Å²) in [5.74, 6) is -0.933. The minimum atomic E-state index is -0.933. The van der Waals surface area contributed by atoms with E-state index < -0.39 is 18.0 Å². The summed E-state index contributed by atoms with van der Waals surface area (Å²) >= 11 is 12.0. The minimum absolute atomic E-state index is 0.352. The molecule has 0 aliphatic rings. The van der Waals surface area contributed by atoms with Crippen LogP contribution >= 0.6 is 23.2 Å². The molecule has 1 N–H and O–H groups in total. The molecule has 0 saturated heterocycles. The first kappa shape index (κ1) is 20.3. The monoisotopic (exact) mass is 393 g/mol. The molecule has 4 nitrogen and oxygen atoms in total. The molecule has 0 aliphatic heterocycles. The smallest absolute Gasteiger partial charge is 0.338 e. The largest absolute Gasteiger partial charge is 0.449 e. The highest BCUT2D eigenvalue weighted by atomic mass is 35.5. The van der Waals surface area contributed by atoms with Gasteiger partial charge in [-0.2, -0.15) is 0 Å². The molecular formula is C20H21Cl2NO3. The Hall–Kier alpha value is -2.04. The lowest BCUT2D eigenvalue weighted by molar-refractivity contribution is -0.129. The number of rotatable bonds is 5. The maximum absolute atomic E-state index is 12.3. The van der Waals surface area contributed by atoms with E-state index in [4.69, 9.17) is 27.9 Å². The van der Waals surface area contributed by atoms with Gasteiger partial charge in [-0.25, -0.2) is 4.79 Å². The van der Waals surface area contributed by atoms with Gasteiger partial charge in [0.25, 0.3) is 5.91 Å². The second-order valence-electron chi connectivity index (χ2n) is 6.32. The van der Waals surface area contributed by atoms with Crippen LogP contribution in [-0.2, 0) is 9.53 Å². The average Bonchev–Trinajstić information content (AvgIpc) is 2.53. The van der Waals surface area contributed by atoms with Crippen LogP contribution in [0.25, 0.3) is 0 Å². The topological polar surface area (TPSA) is 55.4 Å². The van der Waals surface area contributed by atoms with Gasteiger partial charge in [0.2, 0.25) is 0 Å². The standard InChI is InChI=1S/C20H21Cl2NO3/c1-11-7-12(2)9-15(8-11)20(25)26-14(4)19(24)23-13(3)17-6-5-16(21)10-18(17)22/h5-10,13-14H,1-4H3,(H,23,24)/t13-,14-/m1/s1. The van der Waals surface area contributed by atoms with E-state index in [0.29, 0.717) is 15.6 Å². The quantitative estimate of drug-likeness (QED) is 0.724. The molecule has 2 rings (SSSR count). The summed E-state index contributed by atoms with van der Waals surface area (Å²) in [7, 11) is 0. The third-order valence-corrected chi connectivity index (χ3v) is 4.46. The molecule has 1 amide bonds. The van der Waals surface area contributed by atoms with Gasteiger partial charge < -0.3 is 10.1 Å². The SMILES string of the molecule is Cc1cc(C)cc(C(=O)O[C@H](C)C(=O)N[C@H](C)c2ccc(Cl)cc2Cl)c1. The van der Waals surface area contributed by atoms with Crippen LogP contribution in [0.1, 0.15) is 46.9 Å². The molecule has 0 heterocycles. The number of ether oxygens (including phenoxy) is 1. The van der Waals surface area contributed by atoms with Crippen LogP contribution in [0.5, 0.6) is 0 Å². The van der Waals surface area contributed by atoms with Crippen LogP contribution in [0.2, 0.25) is 10.0 Å². The Bertz CT molecular complexity index is 816. The first-order chi connectivity index (χ1) is 12.2. The molecular weight excluding hydrogens is 373 g/mol. The fourth-order valence-corrected chi connectivity index (χ4v) is 3.21. The highest BCUT2D eigenvalue weighted by Gasteiger charge is 2.22. The third kappa shape index (κ3) is 5.23. The van der Waals surface area contributed by atoms with E-state index in [1.165, 1.54) is 6.92 Å². The number of amides is 1. The molecule has 0 fully saturated rings. The molecule has 6 heteroatoms. The van der Waals surface area contributed by atoms with Crippen molar-refractivity contribution in [2.24, 2.45) is 0 Å². The lowest BCUT2D eigenvalue weighted by Crippen LogP contribution is -2.37. The van der Waals surface area contributed by atoms with E-state index in [0.717, 1.165) is 16.7 Å². The van der Waals surface area contributed by atoms with Gasteiger partial charge in [-0.05, 0) is 57.5 Å². The summed E-state index contributed by atoms with van der Waals surface area (Å²) in [5.41, 5.74) is 3.08. The van der Waals surface area contributed by atoms with Crippen molar-refractivity contribution in [1.29, 1.82) is 0 Å². The molecule has 0 saturated carbocycles. The van der Waals surface area contributed by atoms with E-state index in [1.54, 1.807) is 37.3 Å². The van der Waals surface area contributed by atoms with Gasteiger partial charge in [-0.15, -0.1) is 0 Å². The summed E-state index contributed by atoms with van der Waals surface area (Å²) < 4.78 is 5.29. The number of carbonyl (C=O) groups excluding carboxylic acids is 2. The van der Waals surface area contributed by atoms with Crippen LogP contribution in [0.3, 0.4) is 0 Å². The van der Waals surface area contributed by atoms with Crippen LogP contribution < -0.4 is 5.32 Å². The van der Waals surface area contributed by atoms with Crippen molar-refractivity contribution in [3.8, 4) is 0 Å². The van der Waals surface area contributed by atoms with E-state index in [2.05, 4.69) is 5.32 Å². The van der Waals surface area contributed by atoms with Crippen molar-refractivity contribution >= 4 is 35.1 Å². The number of halogens is 2. The summed E-state index contributed by atoms with van der Waals surface area (Å²) in [5, 5.41) is 3.78. The van der Waals surface area contributed by atoms with E-state index in [9.17, 15) is 9.59 Å². The van der Waals surface area contributed by atoms with E-state index >= 15 is 0 Å². The van der Waals surface area contributed by atoms with Gasteiger partial charge in [-0.1, -0.05) is 46.5 Å². The van der Waals surface area contributed by atoms with Gasteiger partial charge in [0.1, 0.15) is 0 Å². The first-order valence-electron chi connectivity index (χ1n) is 8.22. The van der Waals surface area contributed by atoms with Gasteiger partial charge >= 0.3 is 5.97 Å². The number of hydrogen-bond donors (Lipinski definition) is 1. The van der Waals surface area contributed by atoms with Gasteiger partial charge in [-0.3, -0.25) is 4.79 Å². The number of hydrogen-bond acceptors (Lipinski definition) is 3. The molecule has 2 aromatic rings. The molecule has 26 heavy (non-hydrogen) atoms. The van der Waals surface area contributed by atoms with E-state index in [1.807, 2.05) is 19.9 Å². The minimum Gasteiger partial charge on any atom is -0.449 e. The van der Waals surface area contributed by atoms with Crippen molar-refractivity contribution in [2.75, 3.05) is 0 Å². The lowest BCUT2D eigenvalue weighted by atomic mass is 10.1. The van der Waals surface area contributed by atoms with Crippen molar-refractivity contribution in [1.82, 2.24) is 5.32 Å². The molecule has 0 unspecified atom stereocenters. The second-order valence-corrected chi connectivity index (χ2v) is 7.16. The van der Waals surface area contributed by atoms with Crippen LogP contribution in [0, 0.1) is 13.8 Å². The van der Waals surface area contributed by atoms with Crippen molar-refractivity contribution in [3.63, 3.8) is 0 Å². The average molecular weight is 394 g/mol. The molecule has 0 radical (unpaired) electrons. The fourth-order valence-electron chi connectivity index (χ4n) is 2.64. The number of benzene rings is 2. The third-order valence-electron chi connectivity index (χ3n) is 3.90. The van der Waals surface area contributed by atoms with E-state index in [-0.39, 0.29) is 6.04 Å². The summed E-state index contributed by atoms with van der Waals surface area (Å²) in [6.07, 6.45) is -0.933. The Labute approximate surface area is 163 Å². The van der Waals surface area contributed by atoms with Crippen molar-refractivity contribution in [2.45, 2.75) is 39.8 Å². The molecule has 0 spiro atoms. The van der Waals surface area contributed by atoms with Crippen LogP contribution in [0.15, 0.2) is 36.4 Å². The highest BCUT2D eigenvalue weighted by molar-refractivity contribution is 6.35. The first-order valence-corrected chi connectivity index (χ1v) is 8.97. The maximum Gasteiger partial charge on any atom is 0.338 e. The zero-order valence-electron chi connectivity index (χ0n) is 15.1. The lowest BCUT2D eigenvalue weighted by Gasteiger charge is -2.19. The summed E-state index contributed by atoms with van der Waals surface area (Å²) in [4.78, 5) is 24.6. The number of aryl methyl sites for hydroxylation is 2. The van der Waals surface area contributed by atoms with Gasteiger partial charge in [0.05, 0.1) is 11.6 Å². The molecule has 0 bridgehead atoms. The number of carbonyl (C=O) groups is 2. The van der Waals surface area contributed by atoms with Gasteiger partial charge in [0.15, 0.2) is 6.10 Å². The Morgan fingerprint density at radius 1 is 1.00 bits per heavy atom. The predicted molar refractivity (Wildman–Crippen MR) is 104 cm³/mol. The van der Waals surface area contributed by atoms with Crippen molar-refractivity contribution < 1.29 is 14.3 Å². The van der Waals surface area contributed by atoms with Crippen molar-refractivity contribution in [3.05, 3.63) is 68.7 Å². The molecule has 138 valence electrons. The maximum atomic E-state index is 12.3. The number of nitrogens with one attached hydrogen (secondary N) is 1. The summed E-state index contributed by atoms with van der Waals surface area (Å²) in [6.45, 7) is 7.13. The second kappa shape index (κ2) is 8.56. The highest BCUT2D eigenvalue weighted by Crippen LogP contribution is 2.26. The summed E-state index contributed by atoms with van der Waals surface area (Å²) in [6, 6.07) is 10.1.